The van der Waals surface area contributed by atoms with Gasteiger partial charge < -0.3 is 95.2 Å². The van der Waals surface area contributed by atoms with Crippen molar-refractivity contribution in [3.8, 4) is 0 Å². The van der Waals surface area contributed by atoms with Gasteiger partial charge in [0, 0.05) is 57.0 Å². The van der Waals surface area contributed by atoms with Crippen LogP contribution in [-0.4, -0.2) is 183 Å². The van der Waals surface area contributed by atoms with E-state index in [1.54, 1.807) is 20.0 Å². The van der Waals surface area contributed by atoms with Crippen LogP contribution in [0.4, 0.5) is 0 Å². The number of carbonyl (C=O) groups excluding carboxylic acids is 8. The summed E-state index contributed by atoms with van der Waals surface area (Å²) in [4.78, 5) is 153. The van der Waals surface area contributed by atoms with Crippen molar-refractivity contribution < 1.29 is 53.4 Å². The topological polar surface area (TPSA) is 519 Å². The van der Waals surface area contributed by atoms with E-state index in [4.69, 9.17) is 22.6 Å². The molecule has 22 N–H and O–H groups in total. The highest BCUT2D eigenvalue weighted by molar-refractivity contribution is 5.98. The molecule has 32 heteroatoms. The molecule has 32 nitrogen and oxygen atoms in total. The minimum Gasteiger partial charge on any atom is -0.480 e. The van der Waals surface area contributed by atoms with E-state index >= 15 is 0 Å². The van der Waals surface area contributed by atoms with Crippen molar-refractivity contribution >= 4 is 59.2 Å². The molecule has 0 aromatic carbocycles. The summed E-state index contributed by atoms with van der Waals surface area (Å²) in [5, 5.41) is 50.1. The van der Waals surface area contributed by atoms with Crippen molar-refractivity contribution in [3.05, 3.63) is 72.9 Å². The van der Waals surface area contributed by atoms with Gasteiger partial charge in [-0.1, -0.05) is 27.7 Å². The summed E-state index contributed by atoms with van der Waals surface area (Å²) in [5.41, 5.74) is 18.9. The molecule has 0 unspecified atom stereocenters. The number of aliphatic hydroxyl groups is 1. The number of hydrogen-bond acceptors (Lipinski definition) is 17. The first-order chi connectivity index (χ1) is 39.6. The number of hydrogen-bond donors (Lipinski definition) is 19. The second-order valence-corrected chi connectivity index (χ2v) is 20.7. The number of nitrogens with zero attached hydrogens (tertiary/aromatic N) is 4. The number of aliphatic hydroxyl groups excluding tert-OH is 1. The second-order valence-electron chi connectivity index (χ2n) is 20.7. The fourth-order valence-electron chi connectivity index (χ4n) is 8.52. The molecule has 8 amide bonds. The number of amides is 8. The lowest BCUT2D eigenvalue weighted by Gasteiger charge is -2.28. The molecule has 4 aromatic rings. The number of aromatic nitrogens is 8. The zero-order valence-corrected chi connectivity index (χ0v) is 47.0. The van der Waals surface area contributed by atoms with Crippen LogP contribution in [0.5, 0.6) is 0 Å². The lowest BCUT2D eigenvalue weighted by atomic mass is 10.0. The molecule has 4 aromatic heterocycles. The second kappa shape index (κ2) is 34.5. The number of nitrogens with one attached hydrogen (secondary N) is 14. The summed E-state index contributed by atoms with van der Waals surface area (Å²) in [7, 11) is 0. The van der Waals surface area contributed by atoms with Gasteiger partial charge in [0.05, 0.1) is 60.7 Å². The maximum Gasteiger partial charge on any atom is 0.328 e. The molecular weight excluding hydrogens is 1080 g/mol. The number of carboxylic acids is 1. The van der Waals surface area contributed by atoms with Gasteiger partial charge in [-0.2, -0.15) is 0 Å². The average Bonchev–Trinajstić information content (AvgIpc) is 4.43. The number of H-pyrrole nitrogens is 4. The van der Waals surface area contributed by atoms with E-state index in [0.29, 0.717) is 35.6 Å². The molecule has 0 spiro atoms. The van der Waals surface area contributed by atoms with Gasteiger partial charge in [0.15, 0.2) is 5.96 Å². The highest BCUT2D eigenvalue weighted by Gasteiger charge is 2.36. The van der Waals surface area contributed by atoms with Gasteiger partial charge in [-0.15, -0.1) is 0 Å². The van der Waals surface area contributed by atoms with Gasteiger partial charge in [-0.05, 0) is 63.3 Å². The number of carboxylic acid groups (broad SMARTS) is 1. The summed E-state index contributed by atoms with van der Waals surface area (Å²) in [6.45, 7) is 6.62. The zero-order valence-electron chi connectivity index (χ0n) is 47.0. The standard InChI is InChI=1S/C51H81N21O11/c1-27(2)12-36(67-42(74)33(53)14-29-18-56-23-61-29)46(78)70-38(15-30-19-57-24-62-30)47(79)65-34(8-5-6-10-52)43(75)69-39(16-31-20-58-25-63-31)49(81)71-40(17-32-21-59-26-64-32)48(80)68-37(13-28(3)4)45(77)66-35(9-7-11-60-51(54)55)44(76)72-41(22-73)50(82)83/h18-21,23-28,33-41,73H,5-17,22,52-53H2,1-4H3,(H,56,61)(H,57,62)(H,58,63)(H,59,64)(H,65,79)(H,66,77)(H,67,74)(H,68,80)(H,69,75)(H,70,78)(H,71,81)(H,72,76)(H,82,83)(H4,54,55,60)/t33-,34-,35-,36-,37-,38-,39-,40-,41-/m0/s1. The van der Waals surface area contributed by atoms with Gasteiger partial charge in [0.1, 0.15) is 48.3 Å². The third kappa shape index (κ3) is 23.7. The third-order valence-electron chi connectivity index (χ3n) is 12.8. The normalized spacial score (nSPS) is 14.5. The molecule has 83 heavy (non-hydrogen) atoms. The first-order valence-electron chi connectivity index (χ1n) is 27.3. The lowest BCUT2D eigenvalue weighted by Crippen LogP contribution is -2.61. The Kier molecular flexibility index (Phi) is 27.7. The maximum atomic E-state index is 14.7. The molecule has 456 valence electrons. The smallest absolute Gasteiger partial charge is 0.328 e. The highest BCUT2D eigenvalue weighted by atomic mass is 16.4. The largest absolute Gasteiger partial charge is 0.480 e. The number of imidazole rings is 4. The van der Waals surface area contributed by atoms with Gasteiger partial charge >= 0.3 is 5.97 Å². The maximum absolute atomic E-state index is 14.7. The predicted molar refractivity (Wildman–Crippen MR) is 298 cm³/mol. The first kappa shape index (κ1) is 66.7. The fourth-order valence-corrected chi connectivity index (χ4v) is 8.52. The number of aromatic amines is 4. The Labute approximate surface area is 478 Å². The monoisotopic (exact) mass is 1160 g/mol. The molecule has 0 aliphatic carbocycles. The summed E-state index contributed by atoms with van der Waals surface area (Å²) >= 11 is 0. The molecule has 0 fully saturated rings. The van der Waals surface area contributed by atoms with Crippen LogP contribution in [0, 0.1) is 17.2 Å². The van der Waals surface area contributed by atoms with E-state index < -0.39 is 114 Å². The quantitative estimate of drug-likeness (QED) is 0.0114. The van der Waals surface area contributed by atoms with Crippen molar-refractivity contribution in [2.75, 3.05) is 19.7 Å². The Morgan fingerprint density at radius 3 is 1.16 bits per heavy atom. The van der Waals surface area contributed by atoms with E-state index in [1.165, 1.54) is 43.9 Å². The average molecular weight is 1160 g/mol. The number of guanidine groups is 1. The summed E-state index contributed by atoms with van der Waals surface area (Å²) in [6.07, 6.45) is 12.0. The van der Waals surface area contributed by atoms with E-state index in [0.717, 1.165) is 0 Å². The molecule has 0 saturated heterocycles. The van der Waals surface area contributed by atoms with E-state index in [9.17, 15) is 53.4 Å². The molecule has 0 saturated carbocycles. The number of aliphatic carboxylic acids is 1. The third-order valence-corrected chi connectivity index (χ3v) is 12.8. The molecule has 4 rings (SSSR count). The summed E-state index contributed by atoms with van der Waals surface area (Å²) in [6, 6.07) is -12.3. The minimum absolute atomic E-state index is 0.00756. The Hall–Kier alpha value is -8.78. The molecule has 0 aliphatic rings. The van der Waals surface area contributed by atoms with Crippen molar-refractivity contribution in [1.29, 1.82) is 5.41 Å². The minimum atomic E-state index is -1.71. The van der Waals surface area contributed by atoms with E-state index in [-0.39, 0.29) is 88.7 Å². The van der Waals surface area contributed by atoms with Gasteiger partial charge in [0.25, 0.3) is 0 Å². The van der Waals surface area contributed by atoms with Crippen LogP contribution in [0.3, 0.4) is 0 Å². The Morgan fingerprint density at radius 2 is 0.819 bits per heavy atom. The SMILES string of the molecule is CC(C)C[C@H](NC(=O)[C@H](Cc1c[nH]cn1)NC(=O)[C@H](Cc1c[nH]cn1)NC(=O)[C@H](CCCCN)NC(=O)[C@H](Cc1c[nH]cn1)NC(=O)[C@H](CC(C)C)NC(=O)[C@@H](N)Cc1c[nH]cn1)C(=O)N[C@@H](CCCNC(=N)N)C(=O)N[C@@H](CO)C(=O)O. The van der Waals surface area contributed by atoms with Crippen molar-refractivity contribution in [2.45, 2.75) is 153 Å². The Bertz CT molecular complexity index is 2670. The number of unbranched alkanes of at least 4 members (excludes halogenated alkanes) is 1. The molecular formula is C51H81N21O11. The molecule has 9 atom stereocenters. The molecule has 0 radical (unpaired) electrons. The van der Waals surface area contributed by atoms with Crippen LogP contribution < -0.4 is 65.1 Å². The van der Waals surface area contributed by atoms with Gasteiger partial charge in [-0.25, -0.2) is 24.7 Å². The van der Waals surface area contributed by atoms with Crippen molar-refractivity contribution in [2.24, 2.45) is 29.0 Å². The van der Waals surface area contributed by atoms with Crippen LogP contribution in [0.1, 0.15) is 95.4 Å². The van der Waals surface area contributed by atoms with Crippen LogP contribution in [0.25, 0.3) is 0 Å². The predicted octanol–water partition coefficient (Wildman–Crippen LogP) is -4.38. The van der Waals surface area contributed by atoms with Crippen LogP contribution in [0.2, 0.25) is 0 Å². The number of rotatable bonds is 38. The van der Waals surface area contributed by atoms with E-state index in [2.05, 4.69) is 87.7 Å². The Balaban J connectivity index is 1.61. The van der Waals surface area contributed by atoms with Crippen LogP contribution >= 0.6 is 0 Å². The Morgan fingerprint density at radius 1 is 0.494 bits per heavy atom. The fraction of sp³-hybridized carbons (Fsp3) is 0.569. The molecule has 0 bridgehead atoms. The lowest BCUT2D eigenvalue weighted by molar-refractivity contribution is -0.143. The number of nitrogens with two attached hydrogens (primary N) is 3. The van der Waals surface area contributed by atoms with Crippen molar-refractivity contribution in [1.82, 2.24) is 87.7 Å². The zero-order chi connectivity index (χ0) is 61.0. The van der Waals surface area contributed by atoms with Crippen molar-refractivity contribution in [3.63, 3.8) is 0 Å². The van der Waals surface area contributed by atoms with Crippen LogP contribution in [0.15, 0.2) is 50.1 Å². The van der Waals surface area contributed by atoms with Crippen LogP contribution in [-0.2, 0) is 68.8 Å². The van der Waals surface area contributed by atoms with Gasteiger partial charge in [0.2, 0.25) is 47.3 Å². The highest BCUT2D eigenvalue weighted by Crippen LogP contribution is 2.13. The summed E-state index contributed by atoms with van der Waals surface area (Å²) in [5.74, 6) is -8.80. The summed E-state index contributed by atoms with van der Waals surface area (Å²) < 4.78 is 0. The number of carbonyl (C=O) groups is 9. The van der Waals surface area contributed by atoms with E-state index in [1.807, 2.05) is 13.8 Å². The first-order valence-corrected chi connectivity index (χ1v) is 27.3. The van der Waals surface area contributed by atoms with Gasteiger partial charge in [-0.3, -0.25) is 43.8 Å². The molecule has 4 heterocycles. The molecule has 0 aliphatic heterocycles.